The van der Waals surface area contributed by atoms with Crippen LogP contribution in [0.25, 0.3) is 10.9 Å². The van der Waals surface area contributed by atoms with Gasteiger partial charge in [0.05, 0.1) is 12.5 Å². The topological polar surface area (TPSA) is 52.5 Å². The van der Waals surface area contributed by atoms with Crippen molar-refractivity contribution >= 4 is 16.8 Å². The van der Waals surface area contributed by atoms with Crippen LogP contribution in [0.1, 0.15) is 30.9 Å². The fraction of sp³-hybridized carbons (Fsp3) is 0.400. The van der Waals surface area contributed by atoms with E-state index < -0.39 is 5.41 Å². The van der Waals surface area contributed by atoms with Crippen LogP contribution in [0.3, 0.4) is 0 Å². The van der Waals surface area contributed by atoms with Crippen molar-refractivity contribution in [2.75, 3.05) is 20.3 Å². The maximum Gasteiger partial charge on any atom is 0.231 e. The lowest BCUT2D eigenvalue weighted by molar-refractivity contribution is -0.131. The van der Waals surface area contributed by atoms with Gasteiger partial charge in [0.15, 0.2) is 0 Å². The Bertz CT molecular complexity index is 1090. The number of aromatic nitrogens is 1. The lowest BCUT2D eigenvalue weighted by Crippen LogP contribution is -2.51. The minimum absolute atomic E-state index is 0.115. The second-order valence-electron chi connectivity index (χ2n) is 8.40. The Morgan fingerprint density at radius 1 is 1.26 bits per heavy atom. The highest BCUT2D eigenvalue weighted by atomic mass is 19.1. The first-order valence-electron chi connectivity index (χ1n) is 10.7. The summed E-state index contributed by atoms with van der Waals surface area (Å²) >= 11 is 0. The van der Waals surface area contributed by atoms with Gasteiger partial charge in [0.2, 0.25) is 5.91 Å². The number of rotatable bonds is 6. The molecular weight excluding hydrogens is 395 g/mol. The minimum atomic E-state index is -0.903. The standard InChI is InChI=1S/C25H29FN2O3/c1-17(14-18-16-28(2)23-9-8-19(30-3)15-20(18)23)27-24(29)25(10-12-31-13-11-25)21-6-4-5-7-22(21)26/h4-9,15-17H,10-14H2,1-3H3,(H,27,29)/t17-/m1/s1. The van der Waals surface area contributed by atoms with Gasteiger partial charge >= 0.3 is 0 Å². The van der Waals surface area contributed by atoms with Crippen LogP contribution in [-0.4, -0.2) is 36.8 Å². The minimum Gasteiger partial charge on any atom is -0.497 e. The molecule has 0 bridgehead atoms. The Labute approximate surface area is 182 Å². The van der Waals surface area contributed by atoms with Crippen molar-refractivity contribution in [3.05, 3.63) is 65.6 Å². The molecule has 1 saturated heterocycles. The maximum atomic E-state index is 14.7. The third-order valence-corrected chi connectivity index (χ3v) is 6.35. The van der Waals surface area contributed by atoms with E-state index in [0.717, 1.165) is 22.2 Å². The molecule has 1 aromatic heterocycles. The molecule has 0 spiro atoms. The van der Waals surface area contributed by atoms with Crippen LogP contribution in [0.5, 0.6) is 5.75 Å². The molecule has 4 rings (SSSR count). The highest BCUT2D eigenvalue weighted by Gasteiger charge is 2.43. The van der Waals surface area contributed by atoms with E-state index in [0.29, 0.717) is 38.0 Å². The van der Waals surface area contributed by atoms with E-state index in [4.69, 9.17) is 9.47 Å². The van der Waals surface area contributed by atoms with Gasteiger partial charge in [-0.05, 0) is 56.0 Å². The quantitative estimate of drug-likeness (QED) is 0.648. The summed E-state index contributed by atoms with van der Waals surface area (Å²) < 4.78 is 27.6. The molecule has 1 N–H and O–H groups in total. The number of nitrogens with one attached hydrogen (secondary N) is 1. The number of carbonyl (C=O) groups excluding carboxylic acids is 1. The summed E-state index contributed by atoms with van der Waals surface area (Å²) in [5.74, 6) is 0.330. The molecule has 164 valence electrons. The van der Waals surface area contributed by atoms with Gasteiger partial charge in [-0.2, -0.15) is 0 Å². The summed E-state index contributed by atoms with van der Waals surface area (Å²) in [4.78, 5) is 13.5. The van der Waals surface area contributed by atoms with Crippen LogP contribution in [0, 0.1) is 5.82 Å². The van der Waals surface area contributed by atoms with Crippen molar-refractivity contribution < 1.29 is 18.7 Å². The van der Waals surface area contributed by atoms with E-state index in [1.807, 2.05) is 32.2 Å². The molecule has 1 amide bonds. The molecule has 0 unspecified atom stereocenters. The van der Waals surface area contributed by atoms with Crippen LogP contribution >= 0.6 is 0 Å². The molecule has 1 atom stereocenters. The van der Waals surface area contributed by atoms with Crippen LogP contribution in [0.4, 0.5) is 4.39 Å². The first-order valence-corrected chi connectivity index (χ1v) is 10.7. The molecule has 5 nitrogen and oxygen atoms in total. The first kappa shape index (κ1) is 21.4. The zero-order valence-electron chi connectivity index (χ0n) is 18.3. The molecule has 31 heavy (non-hydrogen) atoms. The van der Waals surface area contributed by atoms with E-state index in [1.165, 1.54) is 6.07 Å². The number of fused-ring (bicyclic) bond motifs is 1. The van der Waals surface area contributed by atoms with Crippen molar-refractivity contribution in [3.8, 4) is 5.75 Å². The van der Waals surface area contributed by atoms with Crippen molar-refractivity contribution in [1.29, 1.82) is 0 Å². The second kappa shape index (κ2) is 8.71. The fourth-order valence-corrected chi connectivity index (χ4v) is 4.67. The van der Waals surface area contributed by atoms with Gasteiger partial charge in [0.1, 0.15) is 11.6 Å². The Morgan fingerprint density at radius 3 is 2.71 bits per heavy atom. The molecule has 2 heterocycles. The molecule has 6 heteroatoms. The third kappa shape index (κ3) is 4.04. The predicted molar refractivity (Wildman–Crippen MR) is 119 cm³/mol. The summed E-state index contributed by atoms with van der Waals surface area (Å²) in [7, 11) is 3.67. The monoisotopic (exact) mass is 424 g/mol. The predicted octanol–water partition coefficient (Wildman–Crippen LogP) is 4.12. The molecule has 2 aromatic carbocycles. The number of hydrogen-bond donors (Lipinski definition) is 1. The number of ether oxygens (including phenoxy) is 2. The number of amides is 1. The Balaban J connectivity index is 1.58. The zero-order chi connectivity index (χ0) is 22.0. The SMILES string of the molecule is COc1ccc2c(c1)c(C[C@@H](C)NC(=O)C1(c3ccccc3F)CCOCC1)cn2C. The average molecular weight is 425 g/mol. The Morgan fingerprint density at radius 2 is 2.00 bits per heavy atom. The molecular formula is C25H29FN2O3. The largest absolute Gasteiger partial charge is 0.497 e. The number of hydrogen-bond acceptors (Lipinski definition) is 3. The van der Waals surface area contributed by atoms with Gasteiger partial charge in [0, 0.05) is 49.0 Å². The van der Waals surface area contributed by atoms with Gasteiger partial charge in [-0.25, -0.2) is 4.39 Å². The summed E-state index contributed by atoms with van der Waals surface area (Å²) in [6, 6.07) is 12.5. The smallest absolute Gasteiger partial charge is 0.231 e. The summed E-state index contributed by atoms with van der Waals surface area (Å²) in [5.41, 5.74) is 1.80. The Kier molecular flexibility index (Phi) is 6.01. The molecule has 1 aliphatic rings. The maximum absolute atomic E-state index is 14.7. The molecule has 1 aliphatic heterocycles. The van der Waals surface area contributed by atoms with Crippen LogP contribution < -0.4 is 10.1 Å². The van der Waals surface area contributed by atoms with E-state index in [-0.39, 0.29) is 17.8 Å². The van der Waals surface area contributed by atoms with Crippen molar-refractivity contribution in [3.63, 3.8) is 0 Å². The second-order valence-corrected chi connectivity index (χ2v) is 8.40. The van der Waals surface area contributed by atoms with E-state index in [2.05, 4.69) is 16.1 Å². The highest BCUT2D eigenvalue weighted by molar-refractivity contribution is 5.89. The molecule has 0 radical (unpaired) electrons. The number of methoxy groups -OCH3 is 1. The van der Waals surface area contributed by atoms with Crippen molar-refractivity contribution in [1.82, 2.24) is 9.88 Å². The van der Waals surface area contributed by atoms with Gasteiger partial charge in [-0.15, -0.1) is 0 Å². The van der Waals surface area contributed by atoms with Crippen molar-refractivity contribution in [2.24, 2.45) is 7.05 Å². The normalized spacial score (nSPS) is 16.8. The molecule has 1 fully saturated rings. The lowest BCUT2D eigenvalue weighted by atomic mass is 9.73. The number of nitrogens with zero attached hydrogens (tertiary/aromatic N) is 1. The average Bonchev–Trinajstić information content (AvgIpc) is 3.08. The number of halogens is 1. The molecule has 0 saturated carbocycles. The fourth-order valence-electron chi connectivity index (χ4n) is 4.67. The van der Waals surface area contributed by atoms with Crippen molar-refractivity contribution in [2.45, 2.75) is 37.6 Å². The van der Waals surface area contributed by atoms with Gasteiger partial charge in [-0.3, -0.25) is 4.79 Å². The van der Waals surface area contributed by atoms with E-state index >= 15 is 0 Å². The van der Waals surface area contributed by atoms with Crippen LogP contribution in [0.15, 0.2) is 48.7 Å². The molecule has 0 aliphatic carbocycles. The summed E-state index contributed by atoms with van der Waals surface area (Å²) in [6.45, 7) is 2.88. The summed E-state index contributed by atoms with van der Waals surface area (Å²) in [5, 5.41) is 4.27. The Hall–Kier alpha value is -2.86. The number of carbonyl (C=O) groups is 1. The van der Waals surface area contributed by atoms with E-state index in [9.17, 15) is 9.18 Å². The number of benzene rings is 2. The zero-order valence-corrected chi connectivity index (χ0v) is 18.3. The van der Waals surface area contributed by atoms with E-state index in [1.54, 1.807) is 25.3 Å². The van der Waals surface area contributed by atoms with Gasteiger partial charge < -0.3 is 19.4 Å². The molecule has 3 aromatic rings. The van der Waals surface area contributed by atoms with Crippen LogP contribution in [-0.2, 0) is 28.4 Å². The number of aryl methyl sites for hydroxylation is 1. The third-order valence-electron chi connectivity index (χ3n) is 6.35. The van der Waals surface area contributed by atoms with Crippen LogP contribution in [0.2, 0.25) is 0 Å². The highest BCUT2D eigenvalue weighted by Crippen LogP contribution is 2.37. The van der Waals surface area contributed by atoms with Gasteiger partial charge in [-0.1, -0.05) is 18.2 Å². The van der Waals surface area contributed by atoms with Gasteiger partial charge in [0.25, 0.3) is 0 Å². The lowest BCUT2D eigenvalue weighted by Gasteiger charge is -2.37. The first-order chi connectivity index (χ1) is 14.9. The summed E-state index contributed by atoms with van der Waals surface area (Å²) in [6.07, 6.45) is 3.70.